The molecular weight excluding hydrogens is 410 g/mol. The number of aromatic carboxylic acids is 1. The minimum Gasteiger partial charge on any atom is -0.478 e. The van der Waals surface area contributed by atoms with E-state index < -0.39 is 5.97 Å². The second-order valence-corrected chi connectivity index (χ2v) is 9.18. The Hall–Kier alpha value is -2.10. The number of carbonyl (C=O) groups excluding carboxylic acids is 1. The van der Waals surface area contributed by atoms with Crippen LogP contribution in [0.1, 0.15) is 133 Å². The maximum Gasteiger partial charge on any atom is 0.335 e. The molecule has 0 radical (unpaired) electrons. The van der Waals surface area contributed by atoms with Crippen LogP contribution in [0.15, 0.2) is 36.4 Å². The molecule has 0 atom stereocenters. The van der Waals surface area contributed by atoms with E-state index in [1.165, 1.54) is 108 Å². The van der Waals surface area contributed by atoms with Gasteiger partial charge in [0, 0.05) is 12.1 Å². The zero-order chi connectivity index (χ0) is 24.0. The lowest BCUT2D eigenvalue weighted by Crippen LogP contribution is -2.11. The van der Waals surface area contributed by atoms with Crippen LogP contribution in [-0.2, 0) is 4.79 Å². The number of carboxylic acids is 1. The Labute approximate surface area is 202 Å². The third-order valence-corrected chi connectivity index (χ3v) is 6.06. The minimum absolute atomic E-state index is 0.0430. The van der Waals surface area contributed by atoms with Crippen LogP contribution in [0.5, 0.6) is 0 Å². The molecule has 186 valence electrons. The average molecular weight is 458 g/mol. The second-order valence-electron chi connectivity index (χ2n) is 9.18. The van der Waals surface area contributed by atoms with Gasteiger partial charge in [-0.15, -0.1) is 0 Å². The third kappa shape index (κ3) is 17.1. The molecule has 0 bridgehead atoms. The van der Waals surface area contributed by atoms with Gasteiger partial charge in [-0.1, -0.05) is 102 Å². The van der Waals surface area contributed by atoms with E-state index >= 15 is 0 Å². The molecule has 0 aliphatic carbocycles. The van der Waals surface area contributed by atoms with Gasteiger partial charge in [0.25, 0.3) is 0 Å². The highest BCUT2D eigenvalue weighted by Crippen LogP contribution is 2.14. The van der Waals surface area contributed by atoms with Crippen molar-refractivity contribution in [3.05, 3.63) is 42.0 Å². The molecule has 0 saturated carbocycles. The van der Waals surface area contributed by atoms with Crippen LogP contribution in [0.2, 0.25) is 0 Å². The number of hydrogen-bond donors (Lipinski definition) is 2. The number of rotatable bonds is 21. The number of allylic oxidation sites excluding steroid dienone is 2. The molecule has 0 aliphatic heterocycles. The molecule has 0 aromatic heterocycles. The maximum atomic E-state index is 12.0. The van der Waals surface area contributed by atoms with Crippen molar-refractivity contribution in [1.82, 2.24) is 0 Å². The van der Waals surface area contributed by atoms with Crippen molar-refractivity contribution < 1.29 is 14.7 Å². The number of carbonyl (C=O) groups is 2. The topological polar surface area (TPSA) is 66.4 Å². The highest BCUT2D eigenvalue weighted by molar-refractivity contribution is 5.93. The summed E-state index contributed by atoms with van der Waals surface area (Å²) < 4.78 is 0. The molecule has 0 spiro atoms. The molecule has 0 fully saturated rings. The summed E-state index contributed by atoms with van der Waals surface area (Å²) in [5.41, 5.74) is 0.737. The summed E-state index contributed by atoms with van der Waals surface area (Å²) in [7, 11) is 0. The molecule has 0 heterocycles. The zero-order valence-electron chi connectivity index (χ0n) is 21.0. The van der Waals surface area contributed by atoms with E-state index in [0.29, 0.717) is 12.1 Å². The Balaban J connectivity index is 1.86. The SMILES string of the molecule is CCCCCCCC/C=C\CCCCCCCCCCCC(=O)Nc1cccc(C(=O)O)c1. The summed E-state index contributed by atoms with van der Waals surface area (Å²) in [4.78, 5) is 23.0. The van der Waals surface area contributed by atoms with Gasteiger partial charge >= 0.3 is 5.97 Å². The monoisotopic (exact) mass is 457 g/mol. The van der Waals surface area contributed by atoms with Gasteiger partial charge in [0.1, 0.15) is 0 Å². The quantitative estimate of drug-likeness (QED) is 0.143. The van der Waals surface area contributed by atoms with E-state index in [1.807, 2.05) is 0 Å². The van der Waals surface area contributed by atoms with Crippen LogP contribution >= 0.6 is 0 Å². The Morgan fingerprint density at radius 3 is 1.82 bits per heavy atom. The van der Waals surface area contributed by atoms with Crippen LogP contribution < -0.4 is 5.32 Å². The summed E-state index contributed by atoms with van der Waals surface area (Å²) in [6.07, 6.45) is 27.0. The molecule has 1 amide bonds. The minimum atomic E-state index is -0.985. The highest BCUT2D eigenvalue weighted by Gasteiger charge is 2.06. The largest absolute Gasteiger partial charge is 0.478 e. The van der Waals surface area contributed by atoms with Crippen molar-refractivity contribution in [2.45, 2.75) is 122 Å². The molecule has 2 N–H and O–H groups in total. The lowest BCUT2D eigenvalue weighted by Gasteiger charge is -2.06. The first-order chi connectivity index (χ1) is 16.1. The zero-order valence-corrected chi connectivity index (χ0v) is 21.0. The van der Waals surface area contributed by atoms with Gasteiger partial charge in [0.05, 0.1) is 5.56 Å². The number of benzene rings is 1. The standard InChI is InChI=1S/C29H47NO3/c1-2-3-4-5-6-7-8-9-10-11-12-13-14-15-16-17-18-19-20-24-28(31)30-27-23-21-22-26(25-27)29(32)33/h9-10,21-23,25H,2-8,11-20,24H2,1H3,(H,30,31)(H,32,33)/b10-9-. The Morgan fingerprint density at radius 1 is 0.758 bits per heavy atom. The number of unbranched alkanes of at least 4 members (excludes halogenated alkanes) is 15. The second kappa shape index (κ2) is 20.5. The van der Waals surface area contributed by atoms with Crippen LogP contribution in [-0.4, -0.2) is 17.0 Å². The van der Waals surface area contributed by atoms with Crippen molar-refractivity contribution in [3.8, 4) is 0 Å². The lowest BCUT2D eigenvalue weighted by molar-refractivity contribution is -0.116. The van der Waals surface area contributed by atoms with Gasteiger partial charge < -0.3 is 10.4 Å². The molecule has 0 aliphatic rings. The van der Waals surface area contributed by atoms with E-state index in [0.717, 1.165) is 12.8 Å². The Morgan fingerprint density at radius 2 is 1.27 bits per heavy atom. The molecule has 1 aromatic carbocycles. The lowest BCUT2D eigenvalue weighted by atomic mass is 10.1. The van der Waals surface area contributed by atoms with Crippen molar-refractivity contribution in [2.24, 2.45) is 0 Å². The van der Waals surface area contributed by atoms with E-state index in [4.69, 9.17) is 5.11 Å². The molecule has 4 heteroatoms. The maximum absolute atomic E-state index is 12.0. The summed E-state index contributed by atoms with van der Waals surface area (Å²) >= 11 is 0. The molecular formula is C29H47NO3. The van der Waals surface area contributed by atoms with E-state index in [-0.39, 0.29) is 11.5 Å². The number of anilines is 1. The fourth-order valence-corrected chi connectivity index (χ4v) is 4.02. The van der Waals surface area contributed by atoms with Crippen LogP contribution in [0.25, 0.3) is 0 Å². The fraction of sp³-hybridized carbons (Fsp3) is 0.655. The van der Waals surface area contributed by atoms with Gasteiger partial charge in [0.15, 0.2) is 0 Å². The van der Waals surface area contributed by atoms with Gasteiger partial charge in [0.2, 0.25) is 5.91 Å². The molecule has 4 nitrogen and oxygen atoms in total. The summed E-state index contributed by atoms with van der Waals surface area (Å²) in [5, 5.41) is 11.8. The predicted octanol–water partition coefficient (Wildman–Crippen LogP) is 8.92. The summed E-state index contributed by atoms with van der Waals surface area (Å²) in [5.74, 6) is -1.03. The van der Waals surface area contributed by atoms with Gasteiger partial charge in [-0.2, -0.15) is 0 Å². The highest BCUT2D eigenvalue weighted by atomic mass is 16.4. The molecule has 1 aromatic rings. The summed E-state index contributed by atoms with van der Waals surface area (Å²) in [6, 6.07) is 6.38. The van der Waals surface area contributed by atoms with Crippen molar-refractivity contribution in [2.75, 3.05) is 5.32 Å². The smallest absolute Gasteiger partial charge is 0.335 e. The first-order valence-corrected chi connectivity index (χ1v) is 13.4. The molecule has 33 heavy (non-hydrogen) atoms. The number of hydrogen-bond acceptors (Lipinski definition) is 2. The van der Waals surface area contributed by atoms with Crippen molar-refractivity contribution >= 4 is 17.6 Å². The fourth-order valence-electron chi connectivity index (χ4n) is 4.02. The first kappa shape index (κ1) is 28.9. The molecule has 1 rings (SSSR count). The number of carboxylic acid groups (broad SMARTS) is 1. The van der Waals surface area contributed by atoms with Crippen LogP contribution in [0.4, 0.5) is 5.69 Å². The van der Waals surface area contributed by atoms with E-state index in [9.17, 15) is 9.59 Å². The van der Waals surface area contributed by atoms with Gasteiger partial charge in [-0.05, 0) is 50.3 Å². The van der Waals surface area contributed by atoms with Gasteiger partial charge in [-0.25, -0.2) is 4.79 Å². The van der Waals surface area contributed by atoms with Crippen molar-refractivity contribution in [1.29, 1.82) is 0 Å². The van der Waals surface area contributed by atoms with Crippen LogP contribution in [0, 0.1) is 0 Å². The Bertz CT molecular complexity index is 669. The van der Waals surface area contributed by atoms with Crippen molar-refractivity contribution in [3.63, 3.8) is 0 Å². The molecule has 0 unspecified atom stereocenters. The van der Waals surface area contributed by atoms with E-state index in [2.05, 4.69) is 24.4 Å². The predicted molar refractivity (Wildman–Crippen MR) is 140 cm³/mol. The number of amides is 1. The van der Waals surface area contributed by atoms with Crippen LogP contribution in [0.3, 0.4) is 0 Å². The normalized spacial score (nSPS) is 11.2. The average Bonchev–Trinajstić information content (AvgIpc) is 2.80. The van der Waals surface area contributed by atoms with E-state index in [1.54, 1.807) is 12.1 Å². The molecule has 0 saturated heterocycles. The van der Waals surface area contributed by atoms with Gasteiger partial charge in [-0.3, -0.25) is 4.79 Å². The first-order valence-electron chi connectivity index (χ1n) is 13.4. The summed E-state index contributed by atoms with van der Waals surface area (Å²) in [6.45, 7) is 2.27. The number of nitrogens with one attached hydrogen (secondary N) is 1. The third-order valence-electron chi connectivity index (χ3n) is 6.06. The Kier molecular flexibility index (Phi) is 18.0.